The minimum Gasteiger partial charge on any atom is -0.495 e. The zero-order valence-corrected chi connectivity index (χ0v) is 17.0. The lowest BCUT2D eigenvalue weighted by Gasteiger charge is -2.16. The monoisotopic (exact) mass is 418 g/mol. The van der Waals surface area contributed by atoms with Crippen LogP contribution >= 0.6 is 23.1 Å². The molecular formula is C19H19FN4O2S2. The van der Waals surface area contributed by atoms with Gasteiger partial charge in [-0.05, 0) is 29.8 Å². The molecule has 0 saturated carbocycles. The number of benzene rings is 2. The van der Waals surface area contributed by atoms with Gasteiger partial charge in [0, 0.05) is 13.6 Å². The van der Waals surface area contributed by atoms with Crippen LogP contribution in [0.3, 0.4) is 0 Å². The number of para-hydroxylation sites is 2. The van der Waals surface area contributed by atoms with Crippen LogP contribution in [0.4, 0.5) is 15.2 Å². The Morgan fingerprint density at radius 3 is 2.71 bits per heavy atom. The van der Waals surface area contributed by atoms with Gasteiger partial charge in [0.15, 0.2) is 4.34 Å². The maximum absolute atomic E-state index is 13.0. The number of thioether (sulfide) groups is 1. The number of nitrogens with one attached hydrogen (secondary N) is 1. The summed E-state index contributed by atoms with van der Waals surface area (Å²) in [5.74, 6) is 0.636. The van der Waals surface area contributed by atoms with Crippen molar-refractivity contribution in [3.8, 4) is 5.75 Å². The van der Waals surface area contributed by atoms with Gasteiger partial charge in [0.1, 0.15) is 11.6 Å². The minimum absolute atomic E-state index is 0.0382. The van der Waals surface area contributed by atoms with Crippen LogP contribution in [-0.2, 0) is 11.3 Å². The lowest BCUT2D eigenvalue weighted by Crippen LogP contribution is -2.27. The molecule has 0 aliphatic carbocycles. The van der Waals surface area contributed by atoms with E-state index in [0.717, 1.165) is 11.3 Å². The molecule has 28 heavy (non-hydrogen) atoms. The molecule has 3 aromatic rings. The van der Waals surface area contributed by atoms with Crippen LogP contribution < -0.4 is 10.1 Å². The van der Waals surface area contributed by atoms with Crippen molar-refractivity contribution >= 4 is 39.8 Å². The van der Waals surface area contributed by atoms with Gasteiger partial charge in [-0.25, -0.2) is 4.39 Å². The van der Waals surface area contributed by atoms with Crippen molar-refractivity contribution in [2.24, 2.45) is 0 Å². The number of amides is 1. The quantitative estimate of drug-likeness (QED) is 0.554. The highest BCUT2D eigenvalue weighted by atomic mass is 32.2. The van der Waals surface area contributed by atoms with Crippen LogP contribution in [0.5, 0.6) is 5.75 Å². The largest absolute Gasteiger partial charge is 0.495 e. The summed E-state index contributed by atoms with van der Waals surface area (Å²) in [6.45, 7) is 0.427. The summed E-state index contributed by atoms with van der Waals surface area (Å²) in [4.78, 5) is 13.9. The Labute approximate surface area is 170 Å². The van der Waals surface area contributed by atoms with Crippen LogP contribution in [0.15, 0.2) is 52.9 Å². The van der Waals surface area contributed by atoms with Gasteiger partial charge in [0.05, 0.1) is 18.6 Å². The highest BCUT2D eigenvalue weighted by Crippen LogP contribution is 2.31. The van der Waals surface area contributed by atoms with Crippen LogP contribution in [0.25, 0.3) is 0 Å². The summed E-state index contributed by atoms with van der Waals surface area (Å²) >= 11 is 2.70. The molecule has 0 unspecified atom stereocenters. The molecule has 0 bridgehead atoms. The summed E-state index contributed by atoms with van der Waals surface area (Å²) in [5.41, 5.74) is 1.68. The summed E-state index contributed by atoms with van der Waals surface area (Å²) in [7, 11) is 3.33. The van der Waals surface area contributed by atoms with Gasteiger partial charge < -0.3 is 15.0 Å². The van der Waals surface area contributed by atoms with Crippen molar-refractivity contribution in [1.29, 1.82) is 0 Å². The third-order valence-electron chi connectivity index (χ3n) is 3.83. The fourth-order valence-electron chi connectivity index (χ4n) is 2.37. The highest BCUT2D eigenvalue weighted by Gasteiger charge is 2.13. The number of ether oxygens (including phenoxy) is 1. The number of methoxy groups -OCH3 is 1. The molecule has 0 radical (unpaired) electrons. The standard InChI is InChI=1S/C19H19FN4O2S2/c1-24(11-13-7-9-14(20)10-8-13)17(25)12-27-19-23-22-18(28-19)21-15-5-3-4-6-16(15)26-2/h3-10H,11-12H2,1-2H3,(H,21,22). The Morgan fingerprint density at radius 2 is 1.96 bits per heavy atom. The van der Waals surface area contributed by atoms with Crippen molar-refractivity contribution in [1.82, 2.24) is 15.1 Å². The van der Waals surface area contributed by atoms with E-state index in [0.29, 0.717) is 21.8 Å². The average Bonchev–Trinajstić information content (AvgIpc) is 3.15. The predicted molar refractivity (Wildman–Crippen MR) is 110 cm³/mol. The molecule has 1 aromatic heterocycles. The maximum atomic E-state index is 13.0. The van der Waals surface area contributed by atoms with Crippen molar-refractivity contribution in [2.75, 3.05) is 25.2 Å². The first-order valence-electron chi connectivity index (χ1n) is 8.40. The Morgan fingerprint density at radius 1 is 1.21 bits per heavy atom. The molecule has 1 amide bonds. The summed E-state index contributed by atoms with van der Waals surface area (Å²) in [6.07, 6.45) is 0. The number of nitrogens with zero attached hydrogens (tertiary/aromatic N) is 3. The SMILES string of the molecule is COc1ccccc1Nc1nnc(SCC(=O)N(C)Cc2ccc(F)cc2)s1. The van der Waals surface area contributed by atoms with E-state index in [2.05, 4.69) is 15.5 Å². The number of rotatable bonds is 8. The third-order valence-corrected chi connectivity index (χ3v) is 5.79. The summed E-state index contributed by atoms with van der Waals surface area (Å²) in [6, 6.07) is 13.7. The highest BCUT2D eigenvalue weighted by molar-refractivity contribution is 8.01. The van der Waals surface area contributed by atoms with E-state index < -0.39 is 0 Å². The Balaban J connectivity index is 1.52. The first-order valence-corrected chi connectivity index (χ1v) is 10.2. The van der Waals surface area contributed by atoms with Gasteiger partial charge in [-0.3, -0.25) is 4.79 Å². The van der Waals surface area contributed by atoms with Gasteiger partial charge in [-0.15, -0.1) is 10.2 Å². The minimum atomic E-state index is -0.290. The third kappa shape index (κ3) is 5.43. The van der Waals surface area contributed by atoms with Gasteiger partial charge in [0.25, 0.3) is 0 Å². The van der Waals surface area contributed by atoms with Crippen molar-refractivity contribution in [3.63, 3.8) is 0 Å². The molecule has 6 nitrogen and oxygen atoms in total. The van der Waals surface area contributed by atoms with Gasteiger partial charge in [0.2, 0.25) is 11.0 Å². The number of anilines is 2. The molecule has 3 rings (SSSR count). The van der Waals surface area contributed by atoms with Crippen molar-refractivity contribution < 1.29 is 13.9 Å². The summed E-state index contributed by atoms with van der Waals surface area (Å²) in [5, 5.41) is 12.0. The van der Waals surface area contributed by atoms with E-state index in [1.165, 1.54) is 35.2 Å². The Hall–Kier alpha value is -2.65. The zero-order chi connectivity index (χ0) is 19.9. The number of carbonyl (C=O) groups is 1. The van der Waals surface area contributed by atoms with Gasteiger partial charge in [-0.2, -0.15) is 0 Å². The van der Waals surface area contributed by atoms with Crippen molar-refractivity contribution in [3.05, 3.63) is 59.9 Å². The van der Waals surface area contributed by atoms with E-state index in [1.54, 1.807) is 31.2 Å². The molecule has 0 spiro atoms. The lowest BCUT2D eigenvalue weighted by molar-refractivity contribution is -0.127. The first kappa shape index (κ1) is 20.1. The number of hydrogen-bond acceptors (Lipinski definition) is 7. The molecule has 0 atom stereocenters. The second-order valence-corrected chi connectivity index (χ2v) is 8.06. The van der Waals surface area contributed by atoms with Crippen LogP contribution in [0.2, 0.25) is 0 Å². The molecule has 1 N–H and O–H groups in total. The summed E-state index contributed by atoms with van der Waals surface area (Å²) < 4.78 is 19.0. The van der Waals surface area contributed by atoms with Gasteiger partial charge >= 0.3 is 0 Å². The number of hydrogen-bond donors (Lipinski definition) is 1. The molecule has 9 heteroatoms. The number of carbonyl (C=O) groups excluding carboxylic acids is 1. The first-order chi connectivity index (χ1) is 13.5. The molecule has 0 aliphatic rings. The lowest BCUT2D eigenvalue weighted by atomic mass is 10.2. The Kier molecular flexibility index (Phi) is 6.83. The molecule has 0 saturated heterocycles. The zero-order valence-electron chi connectivity index (χ0n) is 15.4. The fourth-order valence-corrected chi connectivity index (χ4v) is 4.07. The second kappa shape index (κ2) is 9.52. The van der Waals surface area contributed by atoms with E-state index in [1.807, 2.05) is 24.3 Å². The fraction of sp³-hybridized carbons (Fsp3) is 0.211. The molecule has 0 fully saturated rings. The maximum Gasteiger partial charge on any atom is 0.233 e. The van der Waals surface area contributed by atoms with Crippen LogP contribution in [-0.4, -0.2) is 40.9 Å². The topological polar surface area (TPSA) is 67.3 Å². The number of halogens is 1. The molecular weight excluding hydrogens is 399 g/mol. The van der Waals surface area contributed by atoms with E-state index >= 15 is 0 Å². The number of aromatic nitrogens is 2. The molecule has 0 aliphatic heterocycles. The Bertz CT molecular complexity index is 934. The van der Waals surface area contributed by atoms with Crippen LogP contribution in [0.1, 0.15) is 5.56 Å². The molecule has 146 valence electrons. The van der Waals surface area contributed by atoms with Crippen molar-refractivity contribution in [2.45, 2.75) is 10.9 Å². The predicted octanol–water partition coefficient (Wildman–Crippen LogP) is 4.18. The molecule has 1 heterocycles. The molecule has 2 aromatic carbocycles. The van der Waals surface area contributed by atoms with E-state index in [9.17, 15) is 9.18 Å². The van der Waals surface area contributed by atoms with E-state index in [-0.39, 0.29) is 17.5 Å². The second-order valence-electron chi connectivity index (χ2n) is 5.86. The average molecular weight is 419 g/mol. The smallest absolute Gasteiger partial charge is 0.233 e. The van der Waals surface area contributed by atoms with Gasteiger partial charge in [-0.1, -0.05) is 47.4 Å². The van der Waals surface area contributed by atoms with Crippen LogP contribution in [0, 0.1) is 5.82 Å². The normalized spacial score (nSPS) is 10.5. The van der Waals surface area contributed by atoms with E-state index in [4.69, 9.17) is 4.74 Å².